The summed E-state index contributed by atoms with van der Waals surface area (Å²) in [5.41, 5.74) is 1.85. The number of hydrogen-bond acceptors (Lipinski definition) is 4. The van der Waals surface area contributed by atoms with Gasteiger partial charge in [0.2, 0.25) is 10.0 Å². The summed E-state index contributed by atoms with van der Waals surface area (Å²) in [4.78, 5) is 12.6. The molecular weight excluding hydrogens is 352 g/mol. The van der Waals surface area contributed by atoms with Gasteiger partial charge in [0.25, 0.3) is 5.91 Å². The molecule has 1 N–H and O–H groups in total. The van der Waals surface area contributed by atoms with Crippen LogP contribution in [-0.4, -0.2) is 38.8 Å². The molecule has 7 heteroatoms. The molecule has 0 heterocycles. The molecule has 0 unspecified atom stereocenters. The van der Waals surface area contributed by atoms with Crippen LogP contribution in [0.2, 0.25) is 0 Å². The fourth-order valence-corrected chi connectivity index (χ4v) is 4.27. The highest BCUT2D eigenvalue weighted by Crippen LogP contribution is 2.28. The van der Waals surface area contributed by atoms with Crippen LogP contribution >= 0.6 is 0 Å². The third-order valence-electron chi connectivity index (χ3n) is 4.14. The minimum atomic E-state index is -3.75. The molecule has 1 amide bonds. The van der Waals surface area contributed by atoms with Crippen molar-refractivity contribution in [2.24, 2.45) is 0 Å². The van der Waals surface area contributed by atoms with E-state index < -0.39 is 10.0 Å². The lowest BCUT2D eigenvalue weighted by Gasteiger charge is -2.20. The first kappa shape index (κ1) is 19.9. The fraction of sp³-hybridized carbons (Fsp3) is 0.316. The summed E-state index contributed by atoms with van der Waals surface area (Å²) in [5, 5.41) is 2.81. The van der Waals surface area contributed by atoms with Crippen LogP contribution in [0, 0.1) is 6.92 Å². The van der Waals surface area contributed by atoms with Crippen LogP contribution in [0.25, 0.3) is 0 Å². The number of carbonyl (C=O) groups excluding carboxylic acids is 1. The zero-order valence-corrected chi connectivity index (χ0v) is 16.3. The Hall–Kier alpha value is -2.38. The molecule has 0 saturated heterocycles. The van der Waals surface area contributed by atoms with Gasteiger partial charge in [-0.3, -0.25) is 4.79 Å². The van der Waals surface area contributed by atoms with Crippen LogP contribution < -0.4 is 10.1 Å². The molecule has 0 aliphatic carbocycles. The Balaban J connectivity index is 2.43. The van der Waals surface area contributed by atoms with E-state index in [-0.39, 0.29) is 22.1 Å². The summed E-state index contributed by atoms with van der Waals surface area (Å²) < 4.78 is 32.3. The quantitative estimate of drug-likeness (QED) is 0.805. The van der Waals surface area contributed by atoms with Crippen molar-refractivity contribution in [1.29, 1.82) is 0 Å². The largest absolute Gasteiger partial charge is 0.495 e. The molecule has 0 saturated carbocycles. The maximum absolute atomic E-state index is 12.9. The van der Waals surface area contributed by atoms with Crippen molar-refractivity contribution in [1.82, 2.24) is 4.31 Å². The number of aryl methyl sites for hydroxylation is 1. The number of benzene rings is 2. The van der Waals surface area contributed by atoms with E-state index in [2.05, 4.69) is 5.32 Å². The molecule has 6 nitrogen and oxygen atoms in total. The number of hydrogen-bond donors (Lipinski definition) is 1. The SMILES string of the molecule is CCN(CC)S(=O)(=O)c1cc(C(=O)Nc2ccccc2C)ccc1OC. The Morgan fingerprint density at radius 3 is 2.35 bits per heavy atom. The lowest BCUT2D eigenvalue weighted by molar-refractivity contribution is 0.102. The first-order chi connectivity index (χ1) is 12.3. The van der Waals surface area contributed by atoms with Gasteiger partial charge in [-0.05, 0) is 36.8 Å². The van der Waals surface area contributed by atoms with E-state index in [0.29, 0.717) is 18.8 Å². The molecule has 0 spiro atoms. The number of carbonyl (C=O) groups is 1. The molecule has 0 atom stereocenters. The third-order valence-corrected chi connectivity index (χ3v) is 6.21. The van der Waals surface area contributed by atoms with E-state index in [9.17, 15) is 13.2 Å². The molecule has 2 aromatic carbocycles. The smallest absolute Gasteiger partial charge is 0.255 e. The average Bonchev–Trinajstić information content (AvgIpc) is 2.63. The summed E-state index contributed by atoms with van der Waals surface area (Å²) in [6.07, 6.45) is 0. The molecule has 2 aromatic rings. The van der Waals surface area contributed by atoms with Gasteiger partial charge in [-0.2, -0.15) is 4.31 Å². The first-order valence-electron chi connectivity index (χ1n) is 8.40. The molecular formula is C19H24N2O4S. The van der Waals surface area contributed by atoms with Crippen molar-refractivity contribution in [2.75, 3.05) is 25.5 Å². The lowest BCUT2D eigenvalue weighted by atomic mass is 10.1. The van der Waals surface area contributed by atoms with Crippen molar-refractivity contribution >= 4 is 21.6 Å². The number of ether oxygens (including phenoxy) is 1. The standard InChI is InChI=1S/C19H24N2O4S/c1-5-21(6-2)26(23,24)18-13-15(11-12-17(18)25-4)19(22)20-16-10-8-7-9-14(16)3/h7-13H,5-6H2,1-4H3,(H,20,22). The number of nitrogens with one attached hydrogen (secondary N) is 1. The number of nitrogens with zero attached hydrogens (tertiary/aromatic N) is 1. The summed E-state index contributed by atoms with van der Waals surface area (Å²) in [6, 6.07) is 11.8. The Kier molecular flexibility index (Phi) is 6.39. The minimum Gasteiger partial charge on any atom is -0.495 e. The van der Waals surface area contributed by atoms with Gasteiger partial charge in [-0.15, -0.1) is 0 Å². The maximum Gasteiger partial charge on any atom is 0.255 e. The van der Waals surface area contributed by atoms with Gasteiger partial charge in [0.15, 0.2) is 0 Å². The van der Waals surface area contributed by atoms with E-state index in [1.165, 1.54) is 23.5 Å². The molecule has 0 radical (unpaired) electrons. The van der Waals surface area contributed by atoms with Crippen LogP contribution in [-0.2, 0) is 10.0 Å². The highest BCUT2D eigenvalue weighted by Gasteiger charge is 2.26. The van der Waals surface area contributed by atoms with Crippen molar-refractivity contribution in [3.05, 3.63) is 53.6 Å². The van der Waals surface area contributed by atoms with Crippen LogP contribution in [0.1, 0.15) is 29.8 Å². The topological polar surface area (TPSA) is 75.7 Å². The minimum absolute atomic E-state index is 0.0128. The van der Waals surface area contributed by atoms with Crippen LogP contribution in [0.5, 0.6) is 5.75 Å². The highest BCUT2D eigenvalue weighted by atomic mass is 32.2. The second-order valence-electron chi connectivity index (χ2n) is 5.72. The number of rotatable bonds is 7. The van der Waals surface area contributed by atoms with E-state index in [0.717, 1.165) is 5.56 Å². The van der Waals surface area contributed by atoms with Gasteiger partial charge in [0.1, 0.15) is 10.6 Å². The molecule has 0 aliphatic rings. The molecule has 0 bridgehead atoms. The van der Waals surface area contributed by atoms with Gasteiger partial charge in [0.05, 0.1) is 7.11 Å². The number of amides is 1. The van der Waals surface area contributed by atoms with Gasteiger partial charge >= 0.3 is 0 Å². The molecule has 140 valence electrons. The van der Waals surface area contributed by atoms with Gasteiger partial charge < -0.3 is 10.1 Å². The molecule has 2 rings (SSSR count). The zero-order chi connectivity index (χ0) is 19.3. The van der Waals surface area contributed by atoms with E-state index in [1.54, 1.807) is 26.0 Å². The Labute approximate surface area is 154 Å². The predicted molar refractivity (Wildman–Crippen MR) is 102 cm³/mol. The molecule has 0 fully saturated rings. The summed E-state index contributed by atoms with van der Waals surface area (Å²) in [5.74, 6) is -0.165. The van der Waals surface area contributed by atoms with Crippen LogP contribution in [0.4, 0.5) is 5.69 Å². The number of methoxy groups -OCH3 is 1. The second-order valence-corrected chi connectivity index (χ2v) is 7.63. The summed E-state index contributed by atoms with van der Waals surface area (Å²) in [6.45, 7) is 6.09. The third kappa shape index (κ3) is 4.05. The van der Waals surface area contributed by atoms with Crippen LogP contribution in [0.3, 0.4) is 0 Å². The van der Waals surface area contributed by atoms with Gasteiger partial charge in [0, 0.05) is 24.3 Å². The Morgan fingerprint density at radius 1 is 1.12 bits per heavy atom. The molecule has 0 aliphatic heterocycles. The van der Waals surface area contributed by atoms with E-state index in [1.807, 2.05) is 25.1 Å². The number of para-hydroxylation sites is 1. The average molecular weight is 376 g/mol. The number of anilines is 1. The van der Waals surface area contributed by atoms with Crippen molar-refractivity contribution in [3.63, 3.8) is 0 Å². The molecule has 0 aromatic heterocycles. The normalized spacial score (nSPS) is 11.4. The van der Waals surface area contributed by atoms with Crippen molar-refractivity contribution in [2.45, 2.75) is 25.7 Å². The monoisotopic (exact) mass is 376 g/mol. The van der Waals surface area contributed by atoms with Crippen molar-refractivity contribution < 1.29 is 17.9 Å². The number of sulfonamides is 1. The predicted octanol–water partition coefficient (Wildman–Crippen LogP) is 3.29. The lowest BCUT2D eigenvalue weighted by Crippen LogP contribution is -2.31. The molecule has 26 heavy (non-hydrogen) atoms. The Morgan fingerprint density at radius 2 is 1.77 bits per heavy atom. The van der Waals surface area contributed by atoms with Crippen LogP contribution in [0.15, 0.2) is 47.4 Å². The zero-order valence-electron chi connectivity index (χ0n) is 15.4. The van der Waals surface area contributed by atoms with Gasteiger partial charge in [-0.25, -0.2) is 8.42 Å². The second kappa shape index (κ2) is 8.33. The van der Waals surface area contributed by atoms with Crippen molar-refractivity contribution in [3.8, 4) is 5.75 Å². The summed E-state index contributed by atoms with van der Waals surface area (Å²) in [7, 11) is -2.35. The van der Waals surface area contributed by atoms with Gasteiger partial charge in [-0.1, -0.05) is 32.0 Å². The fourth-order valence-electron chi connectivity index (χ4n) is 2.63. The maximum atomic E-state index is 12.9. The summed E-state index contributed by atoms with van der Waals surface area (Å²) >= 11 is 0. The van der Waals surface area contributed by atoms with E-state index in [4.69, 9.17) is 4.74 Å². The van der Waals surface area contributed by atoms with E-state index >= 15 is 0 Å². The first-order valence-corrected chi connectivity index (χ1v) is 9.84. The Bertz CT molecular complexity index is 890. The highest BCUT2D eigenvalue weighted by molar-refractivity contribution is 7.89.